The van der Waals surface area contributed by atoms with E-state index in [1.54, 1.807) is 25.3 Å². The van der Waals surface area contributed by atoms with Gasteiger partial charge in [-0.2, -0.15) is 0 Å². The van der Waals surface area contributed by atoms with Crippen molar-refractivity contribution in [2.24, 2.45) is 0 Å². The molecule has 2 aromatic rings. The Bertz CT molecular complexity index is 625. The number of esters is 1. The highest BCUT2D eigenvalue weighted by Crippen LogP contribution is 2.22. The number of rotatable bonds is 9. The molecule has 0 saturated carbocycles. The molecule has 0 aliphatic heterocycles. The molecule has 0 radical (unpaired) electrons. The smallest absolute Gasteiger partial charge is 0.360 e. The van der Waals surface area contributed by atoms with Crippen LogP contribution in [0.3, 0.4) is 0 Å². The number of oxazole rings is 1. The summed E-state index contributed by atoms with van der Waals surface area (Å²) >= 11 is 0. The molecule has 2 rings (SSSR count). The zero-order chi connectivity index (χ0) is 16.5. The zero-order valence-corrected chi connectivity index (χ0v) is 13.6. The third-order valence-corrected chi connectivity index (χ3v) is 3.22. The minimum absolute atomic E-state index is 0.153. The first kappa shape index (κ1) is 17.0. The minimum Gasteiger partial charge on any atom is -0.478 e. The van der Waals surface area contributed by atoms with E-state index in [0.29, 0.717) is 30.5 Å². The van der Waals surface area contributed by atoms with Crippen molar-refractivity contribution in [3.8, 4) is 17.3 Å². The third kappa shape index (κ3) is 5.09. The van der Waals surface area contributed by atoms with E-state index in [4.69, 9.17) is 13.9 Å². The molecule has 0 atom stereocenters. The molecule has 2 heterocycles. The summed E-state index contributed by atoms with van der Waals surface area (Å²) in [6.45, 7) is 4.85. The van der Waals surface area contributed by atoms with Crippen LogP contribution in [0.1, 0.15) is 50.0 Å². The second-order valence-electron chi connectivity index (χ2n) is 5.05. The molecule has 0 bridgehead atoms. The van der Waals surface area contributed by atoms with Gasteiger partial charge in [0.05, 0.1) is 13.2 Å². The summed E-state index contributed by atoms with van der Waals surface area (Å²) in [6.07, 6.45) is 7.49. The third-order valence-electron chi connectivity index (χ3n) is 3.22. The summed E-state index contributed by atoms with van der Waals surface area (Å²) in [5, 5.41) is 0. The molecule has 0 saturated heterocycles. The van der Waals surface area contributed by atoms with Gasteiger partial charge in [0, 0.05) is 17.8 Å². The predicted octanol–water partition coefficient (Wildman–Crippen LogP) is 3.87. The van der Waals surface area contributed by atoms with Gasteiger partial charge in [0.25, 0.3) is 0 Å². The van der Waals surface area contributed by atoms with Crippen LogP contribution >= 0.6 is 0 Å². The summed E-state index contributed by atoms with van der Waals surface area (Å²) in [6, 6.07) is 3.51. The lowest BCUT2D eigenvalue weighted by atomic mass is 10.2. The van der Waals surface area contributed by atoms with E-state index in [9.17, 15) is 4.79 Å². The first-order valence-electron chi connectivity index (χ1n) is 7.96. The molecule has 6 nitrogen and oxygen atoms in total. The lowest BCUT2D eigenvalue weighted by Gasteiger charge is -2.05. The average molecular weight is 318 g/mol. The highest BCUT2D eigenvalue weighted by atomic mass is 16.5. The molecular formula is C17H22N2O4. The molecule has 6 heteroatoms. The Kier molecular flexibility index (Phi) is 6.59. The topological polar surface area (TPSA) is 74.5 Å². The van der Waals surface area contributed by atoms with Crippen LogP contribution in [0.15, 0.2) is 29.0 Å². The minimum atomic E-state index is -0.496. The molecule has 0 aliphatic carbocycles. The molecule has 2 aromatic heterocycles. The number of carbonyl (C=O) groups is 1. The second kappa shape index (κ2) is 8.92. The highest BCUT2D eigenvalue weighted by Gasteiger charge is 2.14. The highest BCUT2D eigenvalue weighted by molar-refractivity contribution is 5.87. The van der Waals surface area contributed by atoms with Gasteiger partial charge in [0.1, 0.15) is 6.26 Å². The molecular weight excluding hydrogens is 296 g/mol. The van der Waals surface area contributed by atoms with Crippen LogP contribution in [0.4, 0.5) is 0 Å². The standard InChI is InChI=1S/C17H22N2O4/c1-3-5-6-7-10-22-15-11-13(8-9-18-15)16-19-14(12-23-16)17(20)21-4-2/h8-9,11-12H,3-7,10H2,1-2H3. The Balaban J connectivity index is 1.98. The number of pyridine rings is 1. The summed E-state index contributed by atoms with van der Waals surface area (Å²) in [5.74, 6) is 0.366. The van der Waals surface area contributed by atoms with Crippen LogP contribution < -0.4 is 4.74 Å². The molecule has 0 spiro atoms. The van der Waals surface area contributed by atoms with Crippen molar-refractivity contribution in [1.82, 2.24) is 9.97 Å². The number of carbonyl (C=O) groups excluding carboxylic acids is 1. The lowest BCUT2D eigenvalue weighted by molar-refractivity contribution is 0.0519. The van der Waals surface area contributed by atoms with Crippen LogP contribution in [0.5, 0.6) is 5.88 Å². The Morgan fingerprint density at radius 1 is 1.26 bits per heavy atom. The molecule has 0 fully saturated rings. The van der Waals surface area contributed by atoms with Crippen molar-refractivity contribution in [3.63, 3.8) is 0 Å². The number of unbranched alkanes of at least 4 members (excludes halogenated alkanes) is 3. The molecule has 0 amide bonds. The van der Waals surface area contributed by atoms with Crippen molar-refractivity contribution in [3.05, 3.63) is 30.3 Å². The van der Waals surface area contributed by atoms with Crippen LogP contribution in [0, 0.1) is 0 Å². The SMILES string of the molecule is CCCCCCOc1cc(-c2nc(C(=O)OCC)co2)ccn1. The molecule has 23 heavy (non-hydrogen) atoms. The van der Waals surface area contributed by atoms with Gasteiger partial charge < -0.3 is 13.9 Å². The summed E-state index contributed by atoms with van der Waals surface area (Å²) in [7, 11) is 0. The van der Waals surface area contributed by atoms with Crippen LogP contribution in [0.2, 0.25) is 0 Å². The largest absolute Gasteiger partial charge is 0.478 e. The van der Waals surface area contributed by atoms with Gasteiger partial charge in [-0.05, 0) is 19.4 Å². The van der Waals surface area contributed by atoms with Gasteiger partial charge in [0.15, 0.2) is 5.69 Å². The summed E-state index contributed by atoms with van der Waals surface area (Å²) in [4.78, 5) is 19.9. The molecule has 0 aliphatic rings. The zero-order valence-electron chi connectivity index (χ0n) is 13.6. The van der Waals surface area contributed by atoms with Gasteiger partial charge in [-0.25, -0.2) is 14.8 Å². The van der Waals surface area contributed by atoms with E-state index >= 15 is 0 Å². The van der Waals surface area contributed by atoms with Crippen LogP contribution in [-0.4, -0.2) is 29.2 Å². The Labute approximate surface area is 135 Å². The number of ether oxygens (including phenoxy) is 2. The maximum Gasteiger partial charge on any atom is 0.360 e. The van der Waals surface area contributed by atoms with Gasteiger partial charge in [-0.15, -0.1) is 0 Å². The maximum absolute atomic E-state index is 11.6. The maximum atomic E-state index is 11.6. The number of hydrogen-bond acceptors (Lipinski definition) is 6. The predicted molar refractivity (Wildman–Crippen MR) is 85.3 cm³/mol. The van der Waals surface area contributed by atoms with Gasteiger partial charge in [0.2, 0.25) is 11.8 Å². The first-order chi connectivity index (χ1) is 11.2. The summed E-state index contributed by atoms with van der Waals surface area (Å²) < 4.78 is 15.9. The second-order valence-corrected chi connectivity index (χ2v) is 5.05. The van der Waals surface area contributed by atoms with Crippen LogP contribution in [0.25, 0.3) is 11.5 Å². The average Bonchev–Trinajstić information content (AvgIpc) is 3.05. The van der Waals surface area contributed by atoms with Crippen molar-refractivity contribution >= 4 is 5.97 Å². The van der Waals surface area contributed by atoms with Crippen molar-refractivity contribution in [1.29, 1.82) is 0 Å². The fraction of sp³-hybridized carbons (Fsp3) is 0.471. The van der Waals surface area contributed by atoms with Crippen molar-refractivity contribution in [2.45, 2.75) is 39.5 Å². The monoisotopic (exact) mass is 318 g/mol. The van der Waals surface area contributed by atoms with Crippen molar-refractivity contribution < 1.29 is 18.7 Å². The summed E-state index contributed by atoms with van der Waals surface area (Å²) in [5.41, 5.74) is 0.861. The lowest BCUT2D eigenvalue weighted by Crippen LogP contribution is -2.04. The number of hydrogen-bond donors (Lipinski definition) is 0. The van der Waals surface area contributed by atoms with E-state index in [2.05, 4.69) is 16.9 Å². The van der Waals surface area contributed by atoms with Crippen molar-refractivity contribution in [2.75, 3.05) is 13.2 Å². The van der Waals surface area contributed by atoms with E-state index in [1.165, 1.54) is 19.1 Å². The normalized spacial score (nSPS) is 10.5. The molecule has 0 N–H and O–H groups in total. The number of aromatic nitrogens is 2. The van der Waals surface area contributed by atoms with E-state index in [0.717, 1.165) is 12.8 Å². The van der Waals surface area contributed by atoms with E-state index in [-0.39, 0.29) is 5.69 Å². The van der Waals surface area contributed by atoms with Gasteiger partial charge in [-0.3, -0.25) is 0 Å². The fourth-order valence-electron chi connectivity index (χ4n) is 2.03. The fourth-order valence-corrected chi connectivity index (χ4v) is 2.03. The molecule has 124 valence electrons. The molecule has 0 aromatic carbocycles. The molecule has 0 unspecified atom stereocenters. The van der Waals surface area contributed by atoms with Gasteiger partial charge >= 0.3 is 5.97 Å². The Hall–Kier alpha value is -2.37. The Morgan fingerprint density at radius 3 is 2.91 bits per heavy atom. The Morgan fingerprint density at radius 2 is 2.13 bits per heavy atom. The first-order valence-corrected chi connectivity index (χ1v) is 7.96. The van der Waals surface area contributed by atoms with E-state index < -0.39 is 5.97 Å². The number of nitrogens with zero attached hydrogens (tertiary/aromatic N) is 2. The van der Waals surface area contributed by atoms with Crippen LogP contribution in [-0.2, 0) is 4.74 Å². The van der Waals surface area contributed by atoms with Gasteiger partial charge in [-0.1, -0.05) is 26.2 Å². The quantitative estimate of drug-likeness (QED) is 0.516. The van der Waals surface area contributed by atoms with E-state index in [1.807, 2.05) is 0 Å².